The van der Waals surface area contributed by atoms with Crippen molar-refractivity contribution in [1.29, 1.82) is 0 Å². The van der Waals surface area contributed by atoms with Crippen molar-refractivity contribution in [2.45, 2.75) is 39.4 Å². The Hall–Kier alpha value is -1.81. The Bertz CT molecular complexity index is 531. The molecule has 1 aromatic carbocycles. The third kappa shape index (κ3) is 3.61. The van der Waals surface area contributed by atoms with Crippen LogP contribution < -0.4 is 10.1 Å². The minimum atomic E-state index is 0.283. The molecular formula is C16H23N3O. The quantitative estimate of drug-likeness (QED) is 0.877. The molecule has 20 heavy (non-hydrogen) atoms. The zero-order valence-electron chi connectivity index (χ0n) is 12.6. The van der Waals surface area contributed by atoms with Crippen molar-refractivity contribution >= 4 is 0 Å². The highest BCUT2D eigenvalue weighted by Gasteiger charge is 2.07. The van der Waals surface area contributed by atoms with E-state index in [1.165, 1.54) is 5.56 Å². The summed E-state index contributed by atoms with van der Waals surface area (Å²) in [6.45, 7) is 7.18. The molecule has 0 unspecified atom stereocenters. The van der Waals surface area contributed by atoms with Gasteiger partial charge in [-0.05, 0) is 44.5 Å². The Morgan fingerprint density at radius 2 is 1.85 bits per heavy atom. The molecular weight excluding hydrogens is 250 g/mol. The van der Waals surface area contributed by atoms with Crippen LogP contribution in [0.4, 0.5) is 0 Å². The molecule has 2 rings (SSSR count). The summed E-state index contributed by atoms with van der Waals surface area (Å²) in [5.41, 5.74) is 2.31. The predicted molar refractivity (Wildman–Crippen MR) is 80.9 cm³/mol. The second-order valence-electron chi connectivity index (χ2n) is 5.26. The number of benzene rings is 1. The second-order valence-corrected chi connectivity index (χ2v) is 5.26. The summed E-state index contributed by atoms with van der Waals surface area (Å²) >= 11 is 0. The van der Waals surface area contributed by atoms with E-state index in [1.54, 1.807) is 7.11 Å². The van der Waals surface area contributed by atoms with Crippen LogP contribution in [0, 0.1) is 0 Å². The summed E-state index contributed by atoms with van der Waals surface area (Å²) in [5.74, 6) is 0.886. The Morgan fingerprint density at radius 3 is 2.40 bits per heavy atom. The Kier molecular flexibility index (Phi) is 4.79. The third-order valence-corrected chi connectivity index (χ3v) is 3.40. The van der Waals surface area contributed by atoms with Crippen molar-refractivity contribution in [2.75, 3.05) is 7.11 Å². The van der Waals surface area contributed by atoms with Gasteiger partial charge in [0.1, 0.15) is 5.75 Å². The van der Waals surface area contributed by atoms with Gasteiger partial charge in [0.15, 0.2) is 0 Å². The largest absolute Gasteiger partial charge is 0.497 e. The van der Waals surface area contributed by atoms with Crippen LogP contribution in [0.2, 0.25) is 0 Å². The molecule has 0 aliphatic rings. The van der Waals surface area contributed by atoms with Crippen LogP contribution in [0.25, 0.3) is 0 Å². The van der Waals surface area contributed by atoms with E-state index in [2.05, 4.69) is 49.4 Å². The molecule has 0 bridgehead atoms. The average Bonchev–Trinajstić information content (AvgIpc) is 2.94. The lowest BCUT2D eigenvalue weighted by Crippen LogP contribution is -2.18. The molecule has 0 spiro atoms. The fourth-order valence-corrected chi connectivity index (χ4v) is 2.03. The first-order chi connectivity index (χ1) is 9.60. The van der Waals surface area contributed by atoms with Gasteiger partial charge in [-0.3, -0.25) is 4.68 Å². The van der Waals surface area contributed by atoms with Gasteiger partial charge in [0.2, 0.25) is 0 Å². The summed E-state index contributed by atoms with van der Waals surface area (Å²) in [6.07, 6.45) is 2.03. The number of nitrogens with one attached hydrogen (secondary N) is 1. The van der Waals surface area contributed by atoms with Crippen LogP contribution >= 0.6 is 0 Å². The molecule has 4 nitrogen and oxygen atoms in total. The molecule has 1 atom stereocenters. The molecule has 0 aliphatic carbocycles. The monoisotopic (exact) mass is 273 g/mol. The highest BCUT2D eigenvalue weighted by atomic mass is 16.5. The van der Waals surface area contributed by atoms with Crippen LogP contribution in [0.5, 0.6) is 5.75 Å². The Balaban J connectivity index is 1.91. The van der Waals surface area contributed by atoms with Gasteiger partial charge in [-0.2, -0.15) is 5.10 Å². The van der Waals surface area contributed by atoms with Crippen LogP contribution in [0.15, 0.2) is 36.5 Å². The van der Waals surface area contributed by atoms with E-state index in [1.807, 2.05) is 23.0 Å². The van der Waals surface area contributed by atoms with Crippen molar-refractivity contribution in [3.8, 4) is 5.75 Å². The summed E-state index contributed by atoms with van der Waals surface area (Å²) in [7, 11) is 1.68. The maximum atomic E-state index is 5.17. The summed E-state index contributed by atoms with van der Waals surface area (Å²) in [4.78, 5) is 0. The van der Waals surface area contributed by atoms with Gasteiger partial charge < -0.3 is 10.1 Å². The van der Waals surface area contributed by atoms with Crippen molar-refractivity contribution in [3.63, 3.8) is 0 Å². The number of methoxy groups -OCH3 is 1. The van der Waals surface area contributed by atoms with E-state index in [0.29, 0.717) is 6.04 Å². The van der Waals surface area contributed by atoms with E-state index < -0.39 is 0 Å². The zero-order chi connectivity index (χ0) is 14.5. The first-order valence-electron chi connectivity index (χ1n) is 7.01. The minimum absolute atomic E-state index is 0.283. The maximum absolute atomic E-state index is 5.17. The topological polar surface area (TPSA) is 39.1 Å². The van der Waals surface area contributed by atoms with E-state index in [9.17, 15) is 0 Å². The molecule has 0 aliphatic heterocycles. The number of hydrogen-bond acceptors (Lipinski definition) is 3. The lowest BCUT2D eigenvalue weighted by Gasteiger charge is -2.14. The molecule has 1 N–H and O–H groups in total. The number of rotatable bonds is 6. The third-order valence-electron chi connectivity index (χ3n) is 3.40. The second kappa shape index (κ2) is 6.57. The van der Waals surface area contributed by atoms with Gasteiger partial charge in [0.25, 0.3) is 0 Å². The van der Waals surface area contributed by atoms with Crippen molar-refractivity contribution in [1.82, 2.24) is 15.1 Å². The van der Waals surface area contributed by atoms with Gasteiger partial charge >= 0.3 is 0 Å². The van der Waals surface area contributed by atoms with Gasteiger partial charge in [-0.15, -0.1) is 0 Å². The van der Waals surface area contributed by atoms with E-state index >= 15 is 0 Å². The highest BCUT2D eigenvalue weighted by Crippen LogP contribution is 2.17. The van der Waals surface area contributed by atoms with Gasteiger partial charge in [0, 0.05) is 24.8 Å². The van der Waals surface area contributed by atoms with Crippen LogP contribution in [-0.4, -0.2) is 16.9 Å². The van der Waals surface area contributed by atoms with E-state index in [-0.39, 0.29) is 6.04 Å². The van der Waals surface area contributed by atoms with Crippen molar-refractivity contribution < 1.29 is 4.74 Å². The van der Waals surface area contributed by atoms with Gasteiger partial charge in [-0.25, -0.2) is 0 Å². The molecule has 4 heteroatoms. The number of ether oxygens (including phenoxy) is 1. The molecule has 0 fully saturated rings. The van der Waals surface area contributed by atoms with Crippen molar-refractivity contribution in [3.05, 3.63) is 47.8 Å². The smallest absolute Gasteiger partial charge is 0.118 e. The molecule has 1 aromatic heterocycles. The molecule has 1 heterocycles. The molecule has 0 radical (unpaired) electrons. The molecule has 0 saturated heterocycles. The van der Waals surface area contributed by atoms with Gasteiger partial charge in [-0.1, -0.05) is 12.1 Å². The Morgan fingerprint density at radius 1 is 1.15 bits per heavy atom. The lowest BCUT2D eigenvalue weighted by atomic mass is 10.1. The zero-order valence-corrected chi connectivity index (χ0v) is 12.6. The predicted octanol–water partition coefficient (Wildman–Crippen LogP) is 3.32. The van der Waals surface area contributed by atoms with Crippen LogP contribution in [-0.2, 0) is 6.54 Å². The number of aromatic nitrogens is 2. The highest BCUT2D eigenvalue weighted by molar-refractivity contribution is 5.28. The SMILES string of the molecule is COc1ccc([C@H](C)NCc2ccn(C(C)C)n2)cc1. The van der Waals surface area contributed by atoms with Crippen molar-refractivity contribution in [2.24, 2.45) is 0 Å². The molecule has 0 amide bonds. The molecule has 2 aromatic rings. The lowest BCUT2D eigenvalue weighted by molar-refractivity contribution is 0.414. The van der Waals surface area contributed by atoms with Crippen LogP contribution in [0.3, 0.4) is 0 Å². The van der Waals surface area contributed by atoms with Crippen LogP contribution in [0.1, 0.15) is 44.1 Å². The first kappa shape index (κ1) is 14.6. The summed E-state index contributed by atoms with van der Waals surface area (Å²) < 4.78 is 7.15. The average molecular weight is 273 g/mol. The summed E-state index contributed by atoms with van der Waals surface area (Å²) in [6, 6.07) is 10.9. The fourth-order valence-electron chi connectivity index (χ4n) is 2.03. The number of hydrogen-bond donors (Lipinski definition) is 1. The number of nitrogens with zero attached hydrogens (tertiary/aromatic N) is 2. The molecule has 0 saturated carbocycles. The fraction of sp³-hybridized carbons (Fsp3) is 0.438. The standard InChI is InChI=1S/C16H23N3O/c1-12(2)19-10-9-15(18-19)11-17-13(3)14-5-7-16(20-4)8-6-14/h5-10,12-13,17H,11H2,1-4H3/t13-/m0/s1. The summed E-state index contributed by atoms with van der Waals surface area (Å²) in [5, 5.41) is 8.03. The normalized spacial score (nSPS) is 12.7. The van der Waals surface area contributed by atoms with E-state index in [0.717, 1.165) is 18.0 Å². The van der Waals surface area contributed by atoms with Gasteiger partial charge in [0.05, 0.1) is 12.8 Å². The molecule has 108 valence electrons. The maximum Gasteiger partial charge on any atom is 0.118 e. The van der Waals surface area contributed by atoms with E-state index in [4.69, 9.17) is 4.74 Å². The Labute approximate surface area is 120 Å². The first-order valence-corrected chi connectivity index (χ1v) is 7.01. The minimum Gasteiger partial charge on any atom is -0.497 e.